The highest BCUT2D eigenvalue weighted by atomic mass is 16.5. The Bertz CT molecular complexity index is 919. The molecule has 7 nitrogen and oxygen atoms in total. The summed E-state index contributed by atoms with van der Waals surface area (Å²) in [6.07, 6.45) is 3.28. The second-order valence-corrected chi connectivity index (χ2v) is 5.67. The van der Waals surface area contributed by atoms with E-state index >= 15 is 0 Å². The van der Waals surface area contributed by atoms with Crippen molar-refractivity contribution in [3.8, 4) is 0 Å². The van der Waals surface area contributed by atoms with Crippen LogP contribution in [-0.4, -0.2) is 33.9 Å². The molecule has 26 heavy (non-hydrogen) atoms. The molecule has 0 aliphatic rings. The lowest BCUT2D eigenvalue weighted by Crippen LogP contribution is -2.10. The van der Waals surface area contributed by atoms with E-state index in [1.165, 1.54) is 0 Å². The molecule has 0 saturated heterocycles. The second kappa shape index (κ2) is 7.86. The molecule has 3 rings (SSSR count). The SMILES string of the molecule is CCNc1ccccc1Nc1c(C(=O)OCC)cnc2c1cnn2CC. The number of rotatable bonds is 7. The van der Waals surface area contributed by atoms with Crippen molar-refractivity contribution >= 4 is 34.1 Å². The molecular formula is C19H23N5O2. The van der Waals surface area contributed by atoms with Gasteiger partial charge < -0.3 is 15.4 Å². The summed E-state index contributed by atoms with van der Waals surface area (Å²) in [6, 6.07) is 7.86. The van der Waals surface area contributed by atoms with Crippen LogP contribution < -0.4 is 10.6 Å². The Labute approximate surface area is 152 Å². The standard InChI is InChI=1S/C19H23N5O2/c1-4-20-15-9-7-8-10-16(15)23-17-13-12-22-24(5-2)18(13)21-11-14(17)19(25)26-6-3/h7-12,20H,4-6H2,1-3H3,(H,21,23). The molecule has 1 aromatic carbocycles. The van der Waals surface area contributed by atoms with Crippen LogP contribution in [0.4, 0.5) is 17.1 Å². The Balaban J connectivity index is 2.14. The molecule has 3 aromatic rings. The lowest BCUT2D eigenvalue weighted by atomic mass is 10.1. The number of carbonyl (C=O) groups excluding carboxylic acids is 1. The van der Waals surface area contributed by atoms with E-state index in [1.54, 1.807) is 24.0 Å². The first kappa shape index (κ1) is 17.7. The largest absolute Gasteiger partial charge is 0.462 e. The van der Waals surface area contributed by atoms with Crippen LogP contribution in [0, 0.1) is 0 Å². The van der Waals surface area contributed by atoms with Gasteiger partial charge in [0.15, 0.2) is 5.65 Å². The lowest BCUT2D eigenvalue weighted by Gasteiger charge is -2.16. The zero-order valence-electron chi connectivity index (χ0n) is 15.2. The van der Waals surface area contributed by atoms with Crippen LogP contribution in [0.3, 0.4) is 0 Å². The fourth-order valence-electron chi connectivity index (χ4n) is 2.83. The average molecular weight is 353 g/mol. The number of aryl methyl sites for hydroxylation is 1. The first-order valence-electron chi connectivity index (χ1n) is 8.81. The van der Waals surface area contributed by atoms with Crippen molar-refractivity contribution in [3.05, 3.63) is 42.2 Å². The van der Waals surface area contributed by atoms with E-state index in [4.69, 9.17) is 4.74 Å². The molecule has 136 valence electrons. The quantitative estimate of drug-likeness (QED) is 0.629. The number of pyridine rings is 1. The van der Waals surface area contributed by atoms with Gasteiger partial charge in [-0.3, -0.25) is 0 Å². The number of hydrogen-bond donors (Lipinski definition) is 2. The van der Waals surface area contributed by atoms with Gasteiger partial charge in [-0.05, 0) is 32.9 Å². The fourth-order valence-corrected chi connectivity index (χ4v) is 2.83. The van der Waals surface area contributed by atoms with Crippen LogP contribution >= 0.6 is 0 Å². The van der Waals surface area contributed by atoms with Gasteiger partial charge >= 0.3 is 5.97 Å². The molecular weight excluding hydrogens is 330 g/mol. The number of aromatic nitrogens is 3. The Hall–Kier alpha value is -3.09. The minimum Gasteiger partial charge on any atom is -0.462 e. The predicted molar refractivity (Wildman–Crippen MR) is 103 cm³/mol. The smallest absolute Gasteiger partial charge is 0.341 e. The number of anilines is 3. The van der Waals surface area contributed by atoms with Crippen LogP contribution in [0.5, 0.6) is 0 Å². The summed E-state index contributed by atoms with van der Waals surface area (Å²) >= 11 is 0. The third-order valence-electron chi connectivity index (χ3n) is 4.02. The van der Waals surface area contributed by atoms with E-state index in [1.807, 2.05) is 38.1 Å². The minimum absolute atomic E-state index is 0.304. The summed E-state index contributed by atoms with van der Waals surface area (Å²) in [5.74, 6) is -0.408. The van der Waals surface area contributed by atoms with E-state index in [0.717, 1.165) is 29.0 Å². The molecule has 2 aromatic heterocycles. The molecule has 0 atom stereocenters. The maximum atomic E-state index is 12.4. The average Bonchev–Trinajstić information content (AvgIpc) is 3.07. The van der Waals surface area contributed by atoms with Gasteiger partial charge in [0.25, 0.3) is 0 Å². The molecule has 0 bridgehead atoms. The zero-order chi connectivity index (χ0) is 18.5. The van der Waals surface area contributed by atoms with Crippen LogP contribution in [0.1, 0.15) is 31.1 Å². The van der Waals surface area contributed by atoms with Crippen molar-refractivity contribution in [2.24, 2.45) is 0 Å². The van der Waals surface area contributed by atoms with Gasteiger partial charge in [0.05, 0.1) is 35.3 Å². The predicted octanol–water partition coefficient (Wildman–Crippen LogP) is 3.80. The number of ether oxygens (including phenoxy) is 1. The zero-order valence-corrected chi connectivity index (χ0v) is 15.2. The highest BCUT2D eigenvalue weighted by Crippen LogP contribution is 2.32. The van der Waals surface area contributed by atoms with Crippen molar-refractivity contribution in [2.75, 3.05) is 23.8 Å². The number of para-hydroxylation sites is 2. The van der Waals surface area contributed by atoms with E-state index in [2.05, 4.69) is 20.7 Å². The summed E-state index contributed by atoms with van der Waals surface area (Å²) in [5, 5.41) is 11.9. The molecule has 0 unspecified atom stereocenters. The van der Waals surface area contributed by atoms with Gasteiger partial charge in [0.1, 0.15) is 5.56 Å². The van der Waals surface area contributed by atoms with Crippen molar-refractivity contribution in [2.45, 2.75) is 27.3 Å². The summed E-state index contributed by atoms with van der Waals surface area (Å²) in [7, 11) is 0. The summed E-state index contributed by atoms with van der Waals surface area (Å²) in [4.78, 5) is 16.9. The normalized spacial score (nSPS) is 10.7. The molecule has 0 radical (unpaired) electrons. The molecule has 7 heteroatoms. The van der Waals surface area contributed by atoms with Gasteiger partial charge in [-0.25, -0.2) is 14.5 Å². The number of nitrogens with zero attached hydrogens (tertiary/aromatic N) is 3. The molecule has 0 amide bonds. The van der Waals surface area contributed by atoms with E-state index in [-0.39, 0.29) is 0 Å². The van der Waals surface area contributed by atoms with Crippen LogP contribution in [0.2, 0.25) is 0 Å². The molecule has 0 saturated carbocycles. The van der Waals surface area contributed by atoms with Crippen LogP contribution in [0.15, 0.2) is 36.7 Å². The molecule has 0 aliphatic carbocycles. The Morgan fingerprint density at radius 1 is 1.15 bits per heavy atom. The van der Waals surface area contributed by atoms with Gasteiger partial charge in [0, 0.05) is 19.3 Å². The minimum atomic E-state index is -0.408. The molecule has 0 aliphatic heterocycles. The Morgan fingerprint density at radius 2 is 1.92 bits per heavy atom. The van der Waals surface area contributed by atoms with Crippen molar-refractivity contribution in [1.29, 1.82) is 0 Å². The highest BCUT2D eigenvalue weighted by molar-refractivity contribution is 6.05. The number of carbonyl (C=O) groups is 1. The van der Waals surface area contributed by atoms with Crippen molar-refractivity contribution < 1.29 is 9.53 Å². The summed E-state index contributed by atoms with van der Waals surface area (Å²) in [6.45, 7) is 7.62. The van der Waals surface area contributed by atoms with Gasteiger partial charge in [-0.2, -0.15) is 5.10 Å². The van der Waals surface area contributed by atoms with Gasteiger partial charge in [-0.15, -0.1) is 0 Å². The molecule has 0 fully saturated rings. The number of fused-ring (bicyclic) bond motifs is 1. The maximum absolute atomic E-state index is 12.4. The van der Waals surface area contributed by atoms with Crippen LogP contribution in [0.25, 0.3) is 11.0 Å². The molecule has 2 heterocycles. The summed E-state index contributed by atoms with van der Waals surface area (Å²) in [5.41, 5.74) is 3.60. The highest BCUT2D eigenvalue weighted by Gasteiger charge is 2.19. The summed E-state index contributed by atoms with van der Waals surface area (Å²) < 4.78 is 7.00. The molecule has 0 spiro atoms. The number of hydrogen-bond acceptors (Lipinski definition) is 6. The van der Waals surface area contributed by atoms with Crippen molar-refractivity contribution in [3.63, 3.8) is 0 Å². The first-order chi connectivity index (χ1) is 12.7. The van der Waals surface area contributed by atoms with E-state index in [0.29, 0.717) is 24.4 Å². The Morgan fingerprint density at radius 3 is 2.62 bits per heavy atom. The number of esters is 1. The van der Waals surface area contributed by atoms with Crippen LogP contribution in [-0.2, 0) is 11.3 Å². The monoisotopic (exact) mass is 353 g/mol. The number of benzene rings is 1. The van der Waals surface area contributed by atoms with E-state index < -0.39 is 5.97 Å². The van der Waals surface area contributed by atoms with Gasteiger partial charge in [-0.1, -0.05) is 12.1 Å². The Kier molecular flexibility index (Phi) is 5.36. The first-order valence-corrected chi connectivity index (χ1v) is 8.81. The van der Waals surface area contributed by atoms with Crippen molar-refractivity contribution in [1.82, 2.24) is 14.8 Å². The fraction of sp³-hybridized carbons (Fsp3) is 0.316. The topological polar surface area (TPSA) is 81.1 Å². The van der Waals surface area contributed by atoms with Gasteiger partial charge in [0.2, 0.25) is 0 Å². The number of nitrogens with one attached hydrogen (secondary N) is 2. The van der Waals surface area contributed by atoms with E-state index in [9.17, 15) is 4.79 Å². The third-order valence-corrected chi connectivity index (χ3v) is 4.02. The second-order valence-electron chi connectivity index (χ2n) is 5.67. The molecule has 2 N–H and O–H groups in total. The third kappa shape index (κ3) is 3.33. The lowest BCUT2D eigenvalue weighted by molar-refractivity contribution is 0.0527. The maximum Gasteiger partial charge on any atom is 0.341 e.